The molecule has 9 atom stereocenters. The molecule has 0 spiro atoms. The molecule has 0 radical (unpaired) electrons. The van der Waals surface area contributed by atoms with Crippen LogP contribution in [-0.4, -0.2) is 71.9 Å². The Balaban J connectivity index is 1.53. The number of carbonyl (C=O) groups is 1. The highest BCUT2D eigenvalue weighted by molar-refractivity contribution is 7.86. The number of ether oxygens (including phenoxy) is 5. The van der Waals surface area contributed by atoms with Crippen molar-refractivity contribution in [3.63, 3.8) is 0 Å². The largest absolute Gasteiger partial charge is 0.468 e. The van der Waals surface area contributed by atoms with Crippen molar-refractivity contribution in [2.75, 3.05) is 26.6 Å². The summed E-state index contributed by atoms with van der Waals surface area (Å²) in [6, 6.07) is 0. The van der Waals surface area contributed by atoms with Crippen molar-refractivity contribution in [2.24, 2.45) is 23.7 Å². The maximum atomic E-state index is 12.9. The van der Waals surface area contributed by atoms with E-state index in [-0.39, 0.29) is 42.5 Å². The number of fused-ring (bicyclic) bond motifs is 1. The van der Waals surface area contributed by atoms with E-state index < -0.39 is 28.1 Å². The van der Waals surface area contributed by atoms with E-state index >= 15 is 0 Å². The summed E-state index contributed by atoms with van der Waals surface area (Å²) in [5, 5.41) is 0. The number of rotatable bonds is 15. The molecule has 42 heavy (non-hydrogen) atoms. The monoisotopic (exact) mass is 612 g/mol. The molecule has 3 fully saturated rings. The van der Waals surface area contributed by atoms with Gasteiger partial charge in [0.05, 0.1) is 31.7 Å². The van der Waals surface area contributed by atoms with Crippen LogP contribution < -0.4 is 0 Å². The molecular formula is C32H52O9S. The van der Waals surface area contributed by atoms with Crippen molar-refractivity contribution in [1.82, 2.24) is 0 Å². The minimum atomic E-state index is -3.74. The highest BCUT2D eigenvalue weighted by Gasteiger charge is 2.48. The summed E-state index contributed by atoms with van der Waals surface area (Å²) in [6.45, 7) is 5.30. The van der Waals surface area contributed by atoms with Gasteiger partial charge in [0.15, 0.2) is 12.6 Å². The molecule has 2 saturated heterocycles. The van der Waals surface area contributed by atoms with E-state index in [9.17, 15) is 13.2 Å². The Kier molecular flexibility index (Phi) is 12.9. The minimum absolute atomic E-state index is 0.0133. The fourth-order valence-electron chi connectivity index (χ4n) is 7.09. The Morgan fingerprint density at radius 1 is 1.10 bits per heavy atom. The average Bonchev–Trinajstić information content (AvgIpc) is 3.49. The van der Waals surface area contributed by atoms with Crippen molar-refractivity contribution >= 4 is 16.1 Å². The number of hydrogen-bond donors (Lipinski definition) is 0. The Bertz CT molecular complexity index is 1010. The van der Waals surface area contributed by atoms with Gasteiger partial charge in [0.25, 0.3) is 10.1 Å². The molecule has 9 nitrogen and oxygen atoms in total. The third kappa shape index (κ3) is 9.60. The lowest BCUT2D eigenvalue weighted by Crippen LogP contribution is -2.33. The smallest absolute Gasteiger partial charge is 0.315 e. The van der Waals surface area contributed by atoms with Gasteiger partial charge in [-0.1, -0.05) is 50.0 Å². The first-order valence-electron chi connectivity index (χ1n) is 16.1. The van der Waals surface area contributed by atoms with Crippen LogP contribution in [0.4, 0.5) is 0 Å². The van der Waals surface area contributed by atoms with Crippen LogP contribution in [0.15, 0.2) is 23.8 Å². The molecule has 240 valence electrons. The molecule has 0 aromatic heterocycles. The number of esters is 1. The highest BCUT2D eigenvalue weighted by atomic mass is 32.2. The van der Waals surface area contributed by atoms with Gasteiger partial charge in [-0.05, 0) is 76.5 Å². The van der Waals surface area contributed by atoms with Gasteiger partial charge in [-0.3, -0.25) is 8.98 Å². The normalized spacial score (nSPS) is 32.3. The maximum Gasteiger partial charge on any atom is 0.315 e. The van der Waals surface area contributed by atoms with Crippen LogP contribution in [0, 0.1) is 23.7 Å². The van der Waals surface area contributed by atoms with Gasteiger partial charge in [0.2, 0.25) is 0 Å². The van der Waals surface area contributed by atoms with E-state index in [2.05, 4.69) is 25.2 Å². The molecule has 10 heteroatoms. The first-order chi connectivity index (χ1) is 20.2. The van der Waals surface area contributed by atoms with Gasteiger partial charge in [0, 0.05) is 19.1 Å². The van der Waals surface area contributed by atoms with Crippen LogP contribution in [0.1, 0.15) is 90.9 Å². The van der Waals surface area contributed by atoms with Gasteiger partial charge in [-0.25, -0.2) is 0 Å². The molecule has 4 rings (SSSR count). The minimum Gasteiger partial charge on any atom is -0.468 e. The molecule has 1 saturated carbocycles. The number of hydrogen-bond acceptors (Lipinski definition) is 9. The summed E-state index contributed by atoms with van der Waals surface area (Å²) in [4.78, 5) is 12.9. The van der Waals surface area contributed by atoms with Crippen LogP contribution in [0.25, 0.3) is 0 Å². The van der Waals surface area contributed by atoms with E-state index in [1.54, 1.807) is 6.92 Å². The molecule has 0 bridgehead atoms. The highest BCUT2D eigenvalue weighted by Crippen LogP contribution is 2.51. The fourth-order valence-corrected chi connectivity index (χ4v) is 7.75. The Hall–Kier alpha value is -1.30. The SMILES string of the molecule is CCCCC[C@@H](/C=C/[C@@H]1[C@H]2CC(C(C(=O)OC)C(C)OS(C)(=O)=O)=C[C@H]2C[C@H]1OC1CCCCO1)OC1CCCCO1. The fraction of sp³-hybridized carbons (Fsp3) is 0.844. The molecule has 2 aliphatic heterocycles. The van der Waals surface area contributed by atoms with Crippen LogP contribution in [0.5, 0.6) is 0 Å². The van der Waals surface area contributed by atoms with E-state index in [0.29, 0.717) is 6.42 Å². The second-order valence-electron chi connectivity index (χ2n) is 12.4. The van der Waals surface area contributed by atoms with Crippen LogP contribution in [0.3, 0.4) is 0 Å². The Morgan fingerprint density at radius 3 is 2.43 bits per heavy atom. The molecule has 4 aliphatic rings. The third-order valence-electron chi connectivity index (χ3n) is 9.10. The zero-order valence-corrected chi connectivity index (χ0v) is 26.7. The maximum absolute atomic E-state index is 12.9. The van der Waals surface area contributed by atoms with Crippen molar-refractivity contribution < 1.29 is 41.1 Å². The first kappa shape index (κ1) is 33.6. The molecule has 0 N–H and O–H groups in total. The number of unbranched alkanes of at least 4 members (excludes halogenated alkanes) is 2. The molecule has 2 aliphatic carbocycles. The summed E-state index contributed by atoms with van der Waals surface area (Å²) >= 11 is 0. The van der Waals surface area contributed by atoms with Crippen LogP contribution in [0.2, 0.25) is 0 Å². The molecule has 4 unspecified atom stereocenters. The number of allylic oxidation sites excluding steroid dienone is 1. The summed E-state index contributed by atoms with van der Waals surface area (Å²) in [7, 11) is -2.41. The summed E-state index contributed by atoms with van der Waals surface area (Å²) in [5.41, 5.74) is 0.880. The second-order valence-corrected chi connectivity index (χ2v) is 14.0. The van der Waals surface area contributed by atoms with Crippen molar-refractivity contribution in [2.45, 2.75) is 122 Å². The van der Waals surface area contributed by atoms with E-state index in [1.165, 1.54) is 7.11 Å². The van der Waals surface area contributed by atoms with Crippen LogP contribution >= 0.6 is 0 Å². The second kappa shape index (κ2) is 16.1. The van der Waals surface area contributed by atoms with E-state index in [0.717, 1.165) is 95.7 Å². The number of methoxy groups -OCH3 is 1. The summed E-state index contributed by atoms with van der Waals surface area (Å²) < 4.78 is 59.0. The lowest BCUT2D eigenvalue weighted by molar-refractivity contribution is -0.193. The molecule has 2 heterocycles. The average molecular weight is 613 g/mol. The van der Waals surface area contributed by atoms with E-state index in [4.69, 9.17) is 27.9 Å². The van der Waals surface area contributed by atoms with Crippen molar-refractivity contribution in [3.8, 4) is 0 Å². The standard InChI is InChI=1S/C32H52O9S/c1-5-6-7-12-25(39-29-13-8-10-17-37-29)15-16-26-27-20-24(31(32(33)36-3)22(2)41-42(4,34)35)19-23(27)21-28(26)40-30-14-9-11-18-38-30/h15-16,19,22-23,25-31H,5-14,17-18,20-21H2,1-4H3/b16-15+/t22?,23-,25-,26+,27-,28+,29?,30?,31?/m0/s1. The van der Waals surface area contributed by atoms with E-state index in [1.807, 2.05) is 0 Å². The van der Waals surface area contributed by atoms with Gasteiger partial charge in [-0.15, -0.1) is 0 Å². The zero-order valence-electron chi connectivity index (χ0n) is 25.9. The zero-order chi connectivity index (χ0) is 30.1. The first-order valence-corrected chi connectivity index (χ1v) is 17.9. The predicted octanol–water partition coefficient (Wildman–Crippen LogP) is 5.68. The summed E-state index contributed by atoms with van der Waals surface area (Å²) in [6.07, 6.45) is 18.4. The van der Waals surface area contributed by atoms with Gasteiger partial charge < -0.3 is 23.7 Å². The van der Waals surface area contributed by atoms with Crippen LogP contribution in [-0.2, 0) is 42.8 Å². The van der Waals surface area contributed by atoms with Gasteiger partial charge in [-0.2, -0.15) is 8.42 Å². The Labute approximate surface area is 252 Å². The number of carbonyl (C=O) groups excluding carboxylic acids is 1. The molecule has 0 amide bonds. The quantitative estimate of drug-likeness (QED) is 0.0999. The lowest BCUT2D eigenvalue weighted by atomic mass is 9.85. The van der Waals surface area contributed by atoms with Gasteiger partial charge >= 0.3 is 5.97 Å². The molecule has 0 aromatic carbocycles. The topological polar surface area (TPSA) is 107 Å². The molecular weight excluding hydrogens is 560 g/mol. The molecule has 0 aromatic rings. The predicted molar refractivity (Wildman–Crippen MR) is 159 cm³/mol. The van der Waals surface area contributed by atoms with Crippen molar-refractivity contribution in [3.05, 3.63) is 23.8 Å². The van der Waals surface area contributed by atoms with Gasteiger partial charge in [0.1, 0.15) is 5.92 Å². The lowest BCUT2D eigenvalue weighted by Gasteiger charge is -2.30. The third-order valence-corrected chi connectivity index (χ3v) is 9.75. The Morgan fingerprint density at radius 2 is 1.81 bits per heavy atom. The van der Waals surface area contributed by atoms with Crippen molar-refractivity contribution in [1.29, 1.82) is 0 Å². The summed E-state index contributed by atoms with van der Waals surface area (Å²) in [5.74, 6) is -0.755.